The van der Waals surface area contributed by atoms with Gasteiger partial charge in [0.15, 0.2) is 5.69 Å². The van der Waals surface area contributed by atoms with Crippen molar-refractivity contribution >= 4 is 16.7 Å². The van der Waals surface area contributed by atoms with Crippen molar-refractivity contribution in [1.29, 1.82) is 0 Å². The van der Waals surface area contributed by atoms with Crippen LogP contribution in [0.2, 0.25) is 0 Å². The number of carbonyl (C=O) groups is 1. The van der Waals surface area contributed by atoms with Gasteiger partial charge in [0.2, 0.25) is 0 Å². The van der Waals surface area contributed by atoms with E-state index in [1.54, 1.807) is 6.07 Å². The van der Waals surface area contributed by atoms with Crippen LogP contribution in [0.4, 0.5) is 0 Å². The van der Waals surface area contributed by atoms with E-state index < -0.39 is 5.97 Å². The summed E-state index contributed by atoms with van der Waals surface area (Å²) in [6, 6.07) is 14.0. The summed E-state index contributed by atoms with van der Waals surface area (Å²) < 4.78 is 0. The molecule has 1 aliphatic rings. The van der Waals surface area contributed by atoms with Gasteiger partial charge >= 0.3 is 5.97 Å². The van der Waals surface area contributed by atoms with Gasteiger partial charge < -0.3 is 5.11 Å². The summed E-state index contributed by atoms with van der Waals surface area (Å²) in [5.41, 5.74) is 4.44. The van der Waals surface area contributed by atoms with Gasteiger partial charge in [0.1, 0.15) is 0 Å². The standard InChI is InChI=1S/C18H13NO2/c20-18(21)17-15(5-2-10-19-17)13-9-8-12-7-6-11-3-1-4-14(13)16(11)12/h1-5,8-10H,6-7H2,(H,20,21). The molecule has 3 nitrogen and oxygen atoms in total. The largest absolute Gasteiger partial charge is 0.476 e. The number of hydrogen-bond acceptors (Lipinski definition) is 2. The number of carboxylic acid groups (broad SMARTS) is 1. The third-order valence-corrected chi connectivity index (χ3v) is 4.18. The molecule has 0 saturated carbocycles. The lowest BCUT2D eigenvalue weighted by Crippen LogP contribution is -2.02. The molecule has 102 valence electrons. The molecule has 0 amide bonds. The molecule has 4 rings (SSSR count). The minimum absolute atomic E-state index is 0.108. The highest BCUT2D eigenvalue weighted by Gasteiger charge is 2.19. The summed E-state index contributed by atoms with van der Waals surface area (Å²) in [4.78, 5) is 15.4. The van der Waals surface area contributed by atoms with Crippen molar-refractivity contribution in [2.45, 2.75) is 12.8 Å². The Morgan fingerprint density at radius 1 is 0.952 bits per heavy atom. The normalized spacial score (nSPS) is 12.8. The highest BCUT2D eigenvalue weighted by atomic mass is 16.4. The highest BCUT2D eigenvalue weighted by Crippen LogP contribution is 2.37. The predicted octanol–water partition coefficient (Wildman–Crippen LogP) is 3.70. The van der Waals surface area contributed by atoms with Gasteiger partial charge in [0, 0.05) is 11.8 Å². The lowest BCUT2D eigenvalue weighted by Gasteiger charge is -2.10. The Bertz CT molecular complexity index is 873. The van der Waals surface area contributed by atoms with Crippen LogP contribution in [0.25, 0.3) is 21.9 Å². The summed E-state index contributed by atoms with van der Waals surface area (Å²) in [5, 5.41) is 11.8. The van der Waals surface area contributed by atoms with Crippen molar-refractivity contribution in [3.05, 3.63) is 65.5 Å². The first kappa shape index (κ1) is 12.1. The molecule has 0 atom stereocenters. The van der Waals surface area contributed by atoms with E-state index in [1.807, 2.05) is 18.2 Å². The number of carboxylic acids is 1. The molecule has 21 heavy (non-hydrogen) atoms. The molecule has 0 unspecified atom stereocenters. The maximum absolute atomic E-state index is 11.4. The molecule has 1 aliphatic carbocycles. The van der Waals surface area contributed by atoms with Crippen LogP contribution in [0.5, 0.6) is 0 Å². The average molecular weight is 275 g/mol. The van der Waals surface area contributed by atoms with Crippen molar-refractivity contribution in [3.8, 4) is 11.1 Å². The predicted molar refractivity (Wildman–Crippen MR) is 81.5 cm³/mol. The van der Waals surface area contributed by atoms with Gasteiger partial charge in [0.05, 0.1) is 0 Å². The van der Waals surface area contributed by atoms with Gasteiger partial charge in [-0.2, -0.15) is 0 Å². The van der Waals surface area contributed by atoms with E-state index in [0.717, 1.165) is 23.8 Å². The van der Waals surface area contributed by atoms with E-state index in [9.17, 15) is 9.90 Å². The van der Waals surface area contributed by atoms with Crippen LogP contribution in [0.15, 0.2) is 48.7 Å². The van der Waals surface area contributed by atoms with Gasteiger partial charge in [-0.15, -0.1) is 0 Å². The quantitative estimate of drug-likeness (QED) is 0.775. The number of aromatic carboxylic acids is 1. The zero-order valence-electron chi connectivity index (χ0n) is 11.3. The van der Waals surface area contributed by atoms with Crippen LogP contribution < -0.4 is 0 Å². The number of hydrogen-bond donors (Lipinski definition) is 1. The lowest BCUT2D eigenvalue weighted by atomic mass is 9.94. The minimum Gasteiger partial charge on any atom is -0.476 e. The molecule has 0 bridgehead atoms. The van der Waals surface area contributed by atoms with E-state index in [1.165, 1.54) is 22.7 Å². The van der Waals surface area contributed by atoms with Gasteiger partial charge in [-0.05, 0) is 46.4 Å². The van der Waals surface area contributed by atoms with Crippen LogP contribution in [0.1, 0.15) is 21.6 Å². The first-order valence-electron chi connectivity index (χ1n) is 6.98. The molecule has 1 aromatic heterocycles. The van der Waals surface area contributed by atoms with Gasteiger partial charge in [-0.1, -0.05) is 36.4 Å². The Labute approximate surface area is 121 Å². The molecule has 3 aromatic rings. The van der Waals surface area contributed by atoms with Crippen LogP contribution in [-0.4, -0.2) is 16.1 Å². The second-order valence-electron chi connectivity index (χ2n) is 5.32. The summed E-state index contributed by atoms with van der Waals surface area (Å²) in [6.45, 7) is 0. The first-order chi connectivity index (χ1) is 10.3. The maximum Gasteiger partial charge on any atom is 0.355 e. The SMILES string of the molecule is O=C(O)c1ncccc1-c1ccc2c3c(cccc13)CC2. The molecule has 1 N–H and O–H groups in total. The Morgan fingerprint density at radius 3 is 2.57 bits per heavy atom. The van der Waals surface area contributed by atoms with Crippen LogP contribution in [0, 0.1) is 0 Å². The van der Waals surface area contributed by atoms with Crippen molar-refractivity contribution in [1.82, 2.24) is 4.98 Å². The van der Waals surface area contributed by atoms with Crippen molar-refractivity contribution in [3.63, 3.8) is 0 Å². The van der Waals surface area contributed by atoms with Crippen molar-refractivity contribution in [2.75, 3.05) is 0 Å². The number of aromatic nitrogens is 1. The second-order valence-corrected chi connectivity index (χ2v) is 5.32. The molecular formula is C18H13NO2. The summed E-state index contributed by atoms with van der Waals surface area (Å²) in [7, 11) is 0. The minimum atomic E-state index is -0.992. The fourth-order valence-electron chi connectivity index (χ4n) is 3.27. The van der Waals surface area contributed by atoms with E-state index in [0.29, 0.717) is 5.56 Å². The Morgan fingerprint density at radius 2 is 1.76 bits per heavy atom. The third kappa shape index (κ3) is 1.74. The molecule has 2 aromatic carbocycles. The fraction of sp³-hybridized carbons (Fsp3) is 0.111. The first-order valence-corrected chi connectivity index (χ1v) is 6.98. The summed E-state index contributed by atoms with van der Waals surface area (Å²) in [6.07, 6.45) is 3.65. The molecule has 0 aliphatic heterocycles. The van der Waals surface area contributed by atoms with Crippen molar-refractivity contribution < 1.29 is 9.90 Å². The van der Waals surface area contributed by atoms with Crippen LogP contribution in [-0.2, 0) is 12.8 Å². The fourth-order valence-corrected chi connectivity index (χ4v) is 3.27. The monoisotopic (exact) mass is 275 g/mol. The summed E-state index contributed by atoms with van der Waals surface area (Å²) >= 11 is 0. The zero-order valence-corrected chi connectivity index (χ0v) is 11.3. The summed E-state index contributed by atoms with van der Waals surface area (Å²) in [5.74, 6) is -0.992. The lowest BCUT2D eigenvalue weighted by molar-refractivity contribution is 0.0691. The number of aryl methyl sites for hydroxylation is 2. The smallest absolute Gasteiger partial charge is 0.355 e. The second kappa shape index (κ2) is 4.42. The molecule has 0 fully saturated rings. The molecule has 3 heteroatoms. The van der Waals surface area contributed by atoms with Crippen molar-refractivity contribution in [2.24, 2.45) is 0 Å². The highest BCUT2D eigenvalue weighted by molar-refractivity contribution is 6.05. The van der Waals surface area contributed by atoms with Gasteiger partial charge in [-0.25, -0.2) is 9.78 Å². The molecule has 1 heterocycles. The average Bonchev–Trinajstić information content (AvgIpc) is 2.93. The van der Waals surface area contributed by atoms with Crippen LogP contribution in [0.3, 0.4) is 0 Å². The molecule has 0 spiro atoms. The van der Waals surface area contributed by atoms with E-state index in [4.69, 9.17) is 0 Å². The third-order valence-electron chi connectivity index (χ3n) is 4.18. The number of pyridine rings is 1. The number of nitrogens with zero attached hydrogens (tertiary/aromatic N) is 1. The zero-order chi connectivity index (χ0) is 14.4. The number of benzene rings is 2. The maximum atomic E-state index is 11.4. The Balaban J connectivity index is 2.08. The molecule has 0 radical (unpaired) electrons. The Hall–Kier alpha value is -2.68. The van der Waals surface area contributed by atoms with Gasteiger partial charge in [0.25, 0.3) is 0 Å². The van der Waals surface area contributed by atoms with E-state index in [-0.39, 0.29) is 5.69 Å². The topological polar surface area (TPSA) is 50.2 Å². The van der Waals surface area contributed by atoms with Crippen LogP contribution >= 0.6 is 0 Å². The van der Waals surface area contributed by atoms with E-state index in [2.05, 4.69) is 23.2 Å². The molecule has 0 saturated heterocycles. The van der Waals surface area contributed by atoms with Gasteiger partial charge in [-0.3, -0.25) is 0 Å². The Kier molecular flexibility index (Phi) is 2.54. The van der Waals surface area contributed by atoms with E-state index >= 15 is 0 Å². The molecular weight excluding hydrogens is 262 g/mol. The number of rotatable bonds is 2.